The van der Waals surface area contributed by atoms with E-state index in [9.17, 15) is 9.59 Å². The summed E-state index contributed by atoms with van der Waals surface area (Å²) in [6.45, 7) is 1.91. The van der Waals surface area contributed by atoms with Crippen LogP contribution in [0.15, 0.2) is 45.8 Å². The average molecular weight is 429 g/mol. The number of nitrogens with zero attached hydrogens (tertiary/aromatic N) is 2. The van der Waals surface area contributed by atoms with Gasteiger partial charge in [0.1, 0.15) is 0 Å². The maximum absolute atomic E-state index is 12.5. The number of carbonyl (C=O) groups is 1. The Morgan fingerprint density at radius 2 is 2.00 bits per heavy atom. The van der Waals surface area contributed by atoms with Gasteiger partial charge in [-0.25, -0.2) is 4.79 Å². The number of halogens is 1. The predicted molar refractivity (Wildman–Crippen MR) is 109 cm³/mol. The van der Waals surface area contributed by atoms with E-state index in [2.05, 4.69) is 31.2 Å². The van der Waals surface area contributed by atoms with Gasteiger partial charge in [-0.15, -0.1) is 0 Å². The molecule has 3 aromatic rings. The molecular weight excluding hydrogens is 408 g/mol. The number of rotatable bonds is 3. The van der Waals surface area contributed by atoms with E-state index in [0.717, 1.165) is 52.6 Å². The van der Waals surface area contributed by atoms with E-state index in [1.807, 2.05) is 41.8 Å². The molecule has 140 valence electrons. The van der Waals surface area contributed by atoms with Gasteiger partial charge < -0.3 is 10.3 Å². The lowest BCUT2D eigenvalue weighted by Crippen LogP contribution is -2.31. The van der Waals surface area contributed by atoms with E-state index in [4.69, 9.17) is 0 Å². The molecule has 1 saturated carbocycles. The summed E-state index contributed by atoms with van der Waals surface area (Å²) in [5.41, 5.74) is 3.30. The van der Waals surface area contributed by atoms with E-state index < -0.39 is 0 Å². The lowest BCUT2D eigenvalue weighted by molar-refractivity contribution is -0.121. The van der Waals surface area contributed by atoms with Crippen LogP contribution in [0.25, 0.3) is 11.0 Å². The Morgan fingerprint density at radius 1 is 1.22 bits per heavy atom. The van der Waals surface area contributed by atoms with Crippen molar-refractivity contribution >= 4 is 38.6 Å². The molecule has 1 aliphatic rings. The Labute approximate surface area is 165 Å². The maximum Gasteiger partial charge on any atom is 0.326 e. The largest absolute Gasteiger partial charge is 0.326 e. The second-order valence-corrected chi connectivity index (χ2v) is 7.97. The topological polar surface area (TPSA) is 79.8 Å². The van der Waals surface area contributed by atoms with Crippen molar-refractivity contribution in [3.05, 3.63) is 57.2 Å². The predicted octanol–water partition coefficient (Wildman–Crippen LogP) is 4.17. The molecule has 2 aromatic heterocycles. The zero-order valence-electron chi connectivity index (χ0n) is 15.0. The molecule has 1 amide bonds. The molecule has 0 saturated heterocycles. The molecule has 7 heteroatoms. The Kier molecular flexibility index (Phi) is 4.86. The van der Waals surface area contributed by atoms with Gasteiger partial charge >= 0.3 is 5.69 Å². The van der Waals surface area contributed by atoms with Gasteiger partial charge in [0, 0.05) is 22.1 Å². The fourth-order valence-corrected chi connectivity index (χ4v) is 4.31. The number of H-pyrrole nitrogens is 1. The Bertz CT molecular complexity index is 1030. The van der Waals surface area contributed by atoms with E-state index in [-0.39, 0.29) is 23.6 Å². The molecule has 0 bridgehead atoms. The number of aryl methyl sites for hydroxylation is 1. The summed E-state index contributed by atoms with van der Waals surface area (Å²) in [7, 11) is 0. The second-order valence-electron chi connectivity index (χ2n) is 7.12. The zero-order valence-corrected chi connectivity index (χ0v) is 16.6. The zero-order chi connectivity index (χ0) is 19.0. The number of anilines is 1. The summed E-state index contributed by atoms with van der Waals surface area (Å²) in [5, 5.41) is 2.95. The number of pyridine rings is 1. The molecule has 2 N–H and O–H groups in total. The minimum absolute atomic E-state index is 0.0322. The fraction of sp³-hybridized carbons (Fsp3) is 0.350. The fourth-order valence-electron chi connectivity index (χ4n) is 3.86. The molecule has 0 spiro atoms. The van der Waals surface area contributed by atoms with Gasteiger partial charge in [0.25, 0.3) is 0 Å². The number of carbonyl (C=O) groups excluding carboxylic acids is 1. The first kappa shape index (κ1) is 18.0. The Morgan fingerprint density at radius 3 is 2.70 bits per heavy atom. The molecule has 1 aromatic carbocycles. The maximum atomic E-state index is 12.5. The summed E-state index contributed by atoms with van der Waals surface area (Å²) in [4.78, 5) is 32.2. The summed E-state index contributed by atoms with van der Waals surface area (Å²) in [5.74, 6) is 0.00307. The van der Waals surface area contributed by atoms with Crippen molar-refractivity contribution in [1.29, 1.82) is 0 Å². The minimum Gasteiger partial charge on any atom is -0.324 e. The number of fused-ring (bicyclic) bond motifs is 1. The van der Waals surface area contributed by atoms with E-state index in [0.29, 0.717) is 0 Å². The SMILES string of the molecule is Cc1ccc(NC(=O)C2CCC(n3c(=O)[nH]c4c(Br)cccc43)CC2)cn1. The molecule has 0 atom stereocenters. The van der Waals surface area contributed by atoms with Crippen molar-refractivity contribution in [2.45, 2.75) is 38.6 Å². The Hall–Kier alpha value is -2.41. The minimum atomic E-state index is -0.0875. The van der Waals surface area contributed by atoms with Crippen LogP contribution in [0, 0.1) is 12.8 Å². The first-order valence-electron chi connectivity index (χ1n) is 9.15. The lowest BCUT2D eigenvalue weighted by Gasteiger charge is -2.28. The molecule has 6 nitrogen and oxygen atoms in total. The van der Waals surface area contributed by atoms with E-state index in [1.54, 1.807) is 6.20 Å². The van der Waals surface area contributed by atoms with Crippen LogP contribution in [0.2, 0.25) is 0 Å². The van der Waals surface area contributed by atoms with Crippen molar-refractivity contribution < 1.29 is 4.79 Å². The summed E-state index contributed by atoms with van der Waals surface area (Å²) in [6.07, 6.45) is 4.83. The third-order valence-electron chi connectivity index (χ3n) is 5.31. The number of hydrogen-bond donors (Lipinski definition) is 2. The molecule has 0 unspecified atom stereocenters. The standard InChI is InChI=1S/C20H21BrN4O2/c1-12-5-8-14(11-22-12)23-19(26)13-6-9-15(10-7-13)25-17-4-2-3-16(21)18(17)24-20(25)27/h2-5,8,11,13,15H,6-7,9-10H2,1H3,(H,23,26)(H,24,27). The van der Waals surface area contributed by atoms with Crippen LogP contribution in [-0.2, 0) is 4.79 Å². The molecule has 2 heterocycles. The highest BCUT2D eigenvalue weighted by Gasteiger charge is 2.29. The summed E-state index contributed by atoms with van der Waals surface area (Å²) in [6, 6.07) is 9.68. The highest BCUT2D eigenvalue weighted by Crippen LogP contribution is 2.34. The van der Waals surface area contributed by atoms with Crippen LogP contribution in [-0.4, -0.2) is 20.4 Å². The third-order valence-corrected chi connectivity index (χ3v) is 5.97. The van der Waals surface area contributed by atoms with Gasteiger partial charge in [-0.2, -0.15) is 0 Å². The van der Waals surface area contributed by atoms with Crippen LogP contribution in [0.1, 0.15) is 37.4 Å². The Balaban J connectivity index is 1.45. The molecule has 0 radical (unpaired) electrons. The number of benzene rings is 1. The monoisotopic (exact) mass is 428 g/mol. The lowest BCUT2D eigenvalue weighted by atomic mass is 9.85. The van der Waals surface area contributed by atoms with Gasteiger partial charge in [0.15, 0.2) is 0 Å². The van der Waals surface area contributed by atoms with Gasteiger partial charge in [-0.05, 0) is 72.8 Å². The third kappa shape index (κ3) is 3.56. The van der Waals surface area contributed by atoms with E-state index in [1.165, 1.54) is 0 Å². The van der Waals surface area contributed by atoms with Crippen molar-refractivity contribution in [1.82, 2.24) is 14.5 Å². The van der Waals surface area contributed by atoms with Crippen molar-refractivity contribution in [2.75, 3.05) is 5.32 Å². The number of amides is 1. The van der Waals surface area contributed by atoms with Crippen LogP contribution >= 0.6 is 15.9 Å². The quantitative estimate of drug-likeness (QED) is 0.656. The highest BCUT2D eigenvalue weighted by molar-refractivity contribution is 9.10. The van der Waals surface area contributed by atoms with Gasteiger partial charge in [0.05, 0.1) is 22.9 Å². The van der Waals surface area contributed by atoms with Crippen molar-refractivity contribution in [3.8, 4) is 0 Å². The average Bonchev–Trinajstić information content (AvgIpc) is 3.01. The number of imidazole rings is 1. The molecule has 4 rings (SSSR count). The molecule has 27 heavy (non-hydrogen) atoms. The summed E-state index contributed by atoms with van der Waals surface area (Å²) < 4.78 is 2.73. The normalized spacial score (nSPS) is 19.9. The smallest absolute Gasteiger partial charge is 0.324 e. The highest BCUT2D eigenvalue weighted by atomic mass is 79.9. The number of hydrogen-bond acceptors (Lipinski definition) is 3. The first-order valence-corrected chi connectivity index (χ1v) is 9.94. The first-order chi connectivity index (χ1) is 13.0. The second kappa shape index (κ2) is 7.31. The van der Waals surface area contributed by atoms with Crippen molar-refractivity contribution in [2.24, 2.45) is 5.92 Å². The van der Waals surface area contributed by atoms with Gasteiger partial charge in [0.2, 0.25) is 5.91 Å². The van der Waals surface area contributed by atoms with Crippen LogP contribution < -0.4 is 11.0 Å². The molecule has 0 aliphatic heterocycles. The molecule has 1 fully saturated rings. The van der Waals surface area contributed by atoms with E-state index >= 15 is 0 Å². The van der Waals surface area contributed by atoms with Crippen LogP contribution in [0.4, 0.5) is 5.69 Å². The summed E-state index contributed by atoms with van der Waals surface area (Å²) >= 11 is 3.49. The number of aromatic nitrogens is 3. The van der Waals surface area contributed by atoms with Crippen LogP contribution in [0.5, 0.6) is 0 Å². The van der Waals surface area contributed by atoms with Crippen LogP contribution in [0.3, 0.4) is 0 Å². The number of nitrogens with one attached hydrogen (secondary N) is 2. The number of para-hydroxylation sites is 1. The number of aromatic amines is 1. The van der Waals surface area contributed by atoms with Crippen molar-refractivity contribution in [3.63, 3.8) is 0 Å². The molecule has 1 aliphatic carbocycles. The van der Waals surface area contributed by atoms with Gasteiger partial charge in [-0.3, -0.25) is 14.3 Å². The molecular formula is C20H21BrN4O2. The van der Waals surface area contributed by atoms with Gasteiger partial charge in [-0.1, -0.05) is 6.07 Å².